The molecule has 1 N–H and O–H groups in total. The Labute approximate surface area is 145 Å². The van der Waals surface area contributed by atoms with Crippen LogP contribution >= 0.6 is 11.8 Å². The molecular weight excluding hydrogens is 322 g/mol. The minimum Gasteiger partial charge on any atom is -0.326 e. The Morgan fingerprint density at radius 2 is 2.17 bits per heavy atom. The van der Waals surface area contributed by atoms with Crippen LogP contribution in [0.5, 0.6) is 0 Å². The highest BCUT2D eigenvalue weighted by atomic mass is 32.2. The van der Waals surface area contributed by atoms with Crippen molar-refractivity contribution in [3.05, 3.63) is 34.4 Å². The smallest absolute Gasteiger partial charge is 0.261 e. The number of carbonyl (C=O) groups is 1. The topological polar surface area (TPSA) is 64.0 Å². The van der Waals surface area contributed by atoms with Crippen LogP contribution in [0.15, 0.2) is 23.0 Å². The fraction of sp³-hybridized carbons (Fsp3) is 0.500. The third kappa shape index (κ3) is 3.20. The number of nitrogens with one attached hydrogen (secondary N) is 1. The van der Waals surface area contributed by atoms with Gasteiger partial charge in [-0.3, -0.25) is 14.2 Å². The average molecular weight is 345 g/mol. The van der Waals surface area contributed by atoms with Crippen molar-refractivity contribution in [1.29, 1.82) is 0 Å². The number of carbonyl (C=O) groups excluding carboxylic acids is 1. The van der Waals surface area contributed by atoms with Crippen molar-refractivity contribution >= 4 is 34.3 Å². The van der Waals surface area contributed by atoms with Gasteiger partial charge in [-0.15, -0.1) is 0 Å². The summed E-state index contributed by atoms with van der Waals surface area (Å²) in [7, 11) is 0. The summed E-state index contributed by atoms with van der Waals surface area (Å²) in [5.41, 5.74) is 0.887. The van der Waals surface area contributed by atoms with Gasteiger partial charge in [0, 0.05) is 24.4 Å². The molecule has 0 bridgehead atoms. The van der Waals surface area contributed by atoms with Crippen LogP contribution in [-0.4, -0.2) is 27.5 Å². The third-order valence-corrected chi connectivity index (χ3v) is 5.45. The molecule has 1 aliphatic rings. The Hall–Kier alpha value is -1.82. The molecule has 0 saturated heterocycles. The maximum atomic E-state index is 12.7. The van der Waals surface area contributed by atoms with Crippen molar-refractivity contribution in [2.24, 2.45) is 5.41 Å². The van der Waals surface area contributed by atoms with Crippen molar-refractivity contribution in [3.63, 3.8) is 0 Å². The highest BCUT2D eigenvalue weighted by Crippen LogP contribution is 2.24. The number of thioether (sulfide) groups is 1. The van der Waals surface area contributed by atoms with E-state index in [9.17, 15) is 9.59 Å². The molecule has 0 fully saturated rings. The zero-order valence-electron chi connectivity index (χ0n) is 14.4. The molecule has 128 valence electrons. The predicted octanol–water partition coefficient (Wildman–Crippen LogP) is 3.06. The number of nitrogens with zero attached hydrogens (tertiary/aromatic N) is 2. The number of hydrogen-bond donors (Lipinski definition) is 1. The van der Waals surface area contributed by atoms with E-state index >= 15 is 0 Å². The molecule has 0 saturated carbocycles. The number of benzene rings is 1. The van der Waals surface area contributed by atoms with Crippen LogP contribution in [0.2, 0.25) is 0 Å². The maximum Gasteiger partial charge on any atom is 0.261 e. The number of fused-ring (bicyclic) bond motifs is 2. The van der Waals surface area contributed by atoms with Gasteiger partial charge in [0.2, 0.25) is 5.91 Å². The molecule has 2 aromatic rings. The lowest BCUT2D eigenvalue weighted by atomic mass is 9.95. The average Bonchev–Trinajstić information content (AvgIpc) is 2.55. The third-order valence-electron chi connectivity index (χ3n) is 4.44. The summed E-state index contributed by atoms with van der Waals surface area (Å²) in [4.78, 5) is 29.8. The zero-order valence-corrected chi connectivity index (χ0v) is 15.2. The van der Waals surface area contributed by atoms with Crippen LogP contribution in [0.1, 0.15) is 32.5 Å². The number of aromatic nitrogens is 2. The highest BCUT2D eigenvalue weighted by molar-refractivity contribution is 7.98. The number of rotatable bonds is 4. The highest BCUT2D eigenvalue weighted by Gasteiger charge is 2.27. The van der Waals surface area contributed by atoms with Crippen LogP contribution in [0.4, 0.5) is 5.69 Å². The molecule has 5 nitrogen and oxygen atoms in total. The second-order valence-corrected chi connectivity index (χ2v) is 7.81. The van der Waals surface area contributed by atoms with Gasteiger partial charge < -0.3 is 5.32 Å². The first-order valence-electron chi connectivity index (χ1n) is 8.26. The summed E-state index contributed by atoms with van der Waals surface area (Å²) in [5, 5.41) is 3.51. The summed E-state index contributed by atoms with van der Waals surface area (Å²) in [6, 6.07) is 5.39. The van der Waals surface area contributed by atoms with Crippen LogP contribution in [0.3, 0.4) is 0 Å². The van der Waals surface area contributed by atoms with Crippen molar-refractivity contribution in [3.8, 4) is 0 Å². The van der Waals surface area contributed by atoms with Crippen molar-refractivity contribution < 1.29 is 4.79 Å². The lowest BCUT2D eigenvalue weighted by Crippen LogP contribution is -2.33. The molecule has 3 rings (SSSR count). The lowest BCUT2D eigenvalue weighted by molar-refractivity contribution is -0.122. The van der Waals surface area contributed by atoms with Crippen molar-refractivity contribution in [1.82, 2.24) is 9.55 Å². The Morgan fingerprint density at radius 1 is 1.38 bits per heavy atom. The molecule has 1 aliphatic heterocycles. The van der Waals surface area contributed by atoms with Gasteiger partial charge in [-0.1, -0.05) is 13.8 Å². The first-order valence-corrected chi connectivity index (χ1v) is 9.65. The molecule has 6 heteroatoms. The van der Waals surface area contributed by atoms with E-state index < -0.39 is 5.41 Å². The fourth-order valence-electron chi connectivity index (χ4n) is 3.05. The maximum absolute atomic E-state index is 12.7. The van der Waals surface area contributed by atoms with Gasteiger partial charge >= 0.3 is 0 Å². The van der Waals surface area contributed by atoms with E-state index in [-0.39, 0.29) is 11.5 Å². The van der Waals surface area contributed by atoms with E-state index in [1.807, 2.05) is 32.2 Å². The molecule has 1 amide bonds. The Bertz CT molecular complexity index is 842. The SMILES string of the molecule is CSCC(C)(C)C(=O)Nc1ccc2nc3n(c(=O)c2c1)CCCC3. The summed E-state index contributed by atoms with van der Waals surface area (Å²) in [6.45, 7) is 4.58. The van der Waals surface area contributed by atoms with Crippen LogP contribution < -0.4 is 10.9 Å². The summed E-state index contributed by atoms with van der Waals surface area (Å²) in [6.07, 6.45) is 4.93. The zero-order chi connectivity index (χ0) is 17.3. The monoisotopic (exact) mass is 345 g/mol. The van der Waals surface area contributed by atoms with Gasteiger partial charge in [-0.25, -0.2) is 4.98 Å². The summed E-state index contributed by atoms with van der Waals surface area (Å²) in [5.74, 6) is 1.57. The van der Waals surface area contributed by atoms with Gasteiger partial charge in [0.25, 0.3) is 5.56 Å². The second-order valence-electron chi connectivity index (χ2n) is 6.94. The molecule has 0 unspecified atom stereocenters. The molecule has 0 radical (unpaired) electrons. The molecule has 2 heterocycles. The predicted molar refractivity (Wildman–Crippen MR) is 99.7 cm³/mol. The Morgan fingerprint density at radius 3 is 2.92 bits per heavy atom. The van der Waals surface area contributed by atoms with Crippen LogP contribution in [-0.2, 0) is 17.8 Å². The quantitative estimate of drug-likeness (QED) is 0.925. The van der Waals surface area contributed by atoms with E-state index in [2.05, 4.69) is 10.3 Å². The molecule has 24 heavy (non-hydrogen) atoms. The first-order chi connectivity index (χ1) is 11.4. The fourth-order valence-corrected chi connectivity index (χ4v) is 3.90. The number of amides is 1. The van der Waals surface area contributed by atoms with Gasteiger partial charge in [-0.05, 0) is 37.3 Å². The molecule has 0 atom stereocenters. The van der Waals surface area contributed by atoms with Crippen LogP contribution in [0.25, 0.3) is 10.9 Å². The van der Waals surface area contributed by atoms with Crippen LogP contribution in [0, 0.1) is 5.41 Å². The van der Waals surface area contributed by atoms with Crippen molar-refractivity contribution in [2.75, 3.05) is 17.3 Å². The summed E-state index contributed by atoms with van der Waals surface area (Å²) < 4.78 is 1.77. The standard InChI is InChI=1S/C18H23N3O2S/c1-18(2,11-24-3)17(23)19-12-7-8-14-13(10-12)16(22)21-9-5-4-6-15(21)20-14/h7-8,10H,4-6,9,11H2,1-3H3,(H,19,23). The van der Waals surface area contributed by atoms with Crippen molar-refractivity contribution in [2.45, 2.75) is 39.7 Å². The normalized spacial score (nSPS) is 14.5. The van der Waals surface area contributed by atoms with Gasteiger partial charge in [0.1, 0.15) is 5.82 Å². The second kappa shape index (κ2) is 6.59. The van der Waals surface area contributed by atoms with E-state index in [0.717, 1.165) is 37.4 Å². The van der Waals surface area contributed by atoms with E-state index in [0.29, 0.717) is 16.6 Å². The molecule has 0 aliphatic carbocycles. The minimum absolute atomic E-state index is 0.00540. The van der Waals surface area contributed by atoms with Gasteiger partial charge in [0.05, 0.1) is 16.3 Å². The first kappa shape index (κ1) is 17.0. The Balaban J connectivity index is 1.95. The van der Waals surface area contributed by atoms with E-state index in [4.69, 9.17) is 0 Å². The number of hydrogen-bond acceptors (Lipinski definition) is 4. The molecule has 1 aromatic carbocycles. The number of aryl methyl sites for hydroxylation is 1. The minimum atomic E-state index is -0.461. The summed E-state index contributed by atoms with van der Waals surface area (Å²) >= 11 is 1.64. The lowest BCUT2D eigenvalue weighted by Gasteiger charge is -2.22. The Kier molecular flexibility index (Phi) is 4.67. The van der Waals surface area contributed by atoms with E-state index in [1.54, 1.807) is 22.4 Å². The molecule has 0 spiro atoms. The largest absolute Gasteiger partial charge is 0.326 e. The van der Waals surface area contributed by atoms with Gasteiger partial charge in [0.15, 0.2) is 0 Å². The molecule has 1 aromatic heterocycles. The van der Waals surface area contributed by atoms with E-state index in [1.165, 1.54) is 0 Å². The molecular formula is C18H23N3O2S. The van der Waals surface area contributed by atoms with Gasteiger partial charge in [-0.2, -0.15) is 11.8 Å². The number of anilines is 1.